The van der Waals surface area contributed by atoms with Crippen molar-refractivity contribution >= 4 is 22.0 Å². The van der Waals surface area contributed by atoms with Crippen molar-refractivity contribution in [1.82, 2.24) is 9.97 Å². The summed E-state index contributed by atoms with van der Waals surface area (Å²) >= 11 is 3.09. The van der Waals surface area contributed by atoms with Crippen molar-refractivity contribution in [3.63, 3.8) is 0 Å². The summed E-state index contributed by atoms with van der Waals surface area (Å²) in [7, 11) is 0. The van der Waals surface area contributed by atoms with Crippen molar-refractivity contribution in [1.29, 1.82) is 0 Å². The molecule has 0 saturated heterocycles. The summed E-state index contributed by atoms with van der Waals surface area (Å²) in [5, 5.41) is 0. The van der Waals surface area contributed by atoms with Gasteiger partial charge in [-0.3, -0.25) is 4.98 Å². The lowest BCUT2D eigenvalue weighted by molar-refractivity contribution is 0.613. The molecule has 16 heavy (non-hydrogen) atoms. The van der Waals surface area contributed by atoms with E-state index in [4.69, 9.17) is 0 Å². The number of nitrogens with zero attached hydrogens (tertiary/aromatic N) is 2. The van der Waals surface area contributed by atoms with Crippen LogP contribution in [0.3, 0.4) is 0 Å². The molecule has 82 valence electrons. The second-order valence-electron chi connectivity index (χ2n) is 3.21. The first-order chi connectivity index (χ1) is 7.81. The lowest BCUT2D eigenvalue weighted by Crippen LogP contribution is -2.00. The van der Waals surface area contributed by atoms with Gasteiger partial charge in [0.1, 0.15) is 5.82 Å². The number of halogens is 2. The maximum absolute atomic E-state index is 13.4. The number of benzene rings is 1. The van der Waals surface area contributed by atoms with Crippen molar-refractivity contribution in [2.45, 2.75) is 6.42 Å². The van der Waals surface area contributed by atoms with Crippen molar-refractivity contribution in [2.75, 3.05) is 4.34 Å². The Morgan fingerprint density at radius 3 is 2.69 bits per heavy atom. The van der Waals surface area contributed by atoms with Crippen molar-refractivity contribution in [3.8, 4) is 0 Å². The van der Waals surface area contributed by atoms with Gasteiger partial charge in [-0.1, -0.05) is 18.2 Å². The molecule has 0 saturated carbocycles. The number of anilines is 1. The molecule has 2 rings (SSSR count). The molecule has 5 heteroatoms. The van der Waals surface area contributed by atoms with Crippen LogP contribution in [0, 0.1) is 5.82 Å². The van der Waals surface area contributed by atoms with Crippen molar-refractivity contribution in [2.24, 2.45) is 0 Å². The van der Waals surface area contributed by atoms with Crippen LogP contribution < -0.4 is 4.34 Å². The number of hydrogen-bond donors (Lipinski definition) is 1. The highest BCUT2D eigenvalue weighted by Crippen LogP contribution is 2.17. The van der Waals surface area contributed by atoms with E-state index < -0.39 is 0 Å². The van der Waals surface area contributed by atoms with Crippen LogP contribution in [0.1, 0.15) is 11.3 Å². The molecule has 0 amide bonds. The van der Waals surface area contributed by atoms with Gasteiger partial charge in [-0.2, -0.15) is 0 Å². The third-order valence-electron chi connectivity index (χ3n) is 2.18. The van der Waals surface area contributed by atoms with Crippen LogP contribution in [0.15, 0.2) is 36.7 Å². The van der Waals surface area contributed by atoms with Crippen LogP contribution in [0.4, 0.5) is 10.2 Å². The zero-order chi connectivity index (χ0) is 11.4. The van der Waals surface area contributed by atoms with Crippen molar-refractivity contribution < 1.29 is 4.39 Å². The van der Waals surface area contributed by atoms with Crippen LogP contribution >= 0.6 is 16.1 Å². The summed E-state index contributed by atoms with van der Waals surface area (Å²) in [5.74, 6) is 0.374. The van der Waals surface area contributed by atoms with E-state index in [1.54, 1.807) is 30.6 Å². The summed E-state index contributed by atoms with van der Waals surface area (Å²) in [6.07, 6.45) is 3.58. The largest absolute Gasteiger partial charge is 0.305 e. The summed E-state index contributed by atoms with van der Waals surface area (Å²) in [5.41, 5.74) is 1.30. The average Bonchev–Trinajstić information content (AvgIpc) is 2.33. The summed E-state index contributed by atoms with van der Waals surface area (Å²) < 4.78 is 16.2. The topological polar surface area (TPSA) is 37.8 Å². The molecule has 0 radical (unpaired) electrons. The molecule has 2 aromatic rings. The molecule has 1 heterocycles. The van der Waals surface area contributed by atoms with E-state index in [1.165, 1.54) is 6.07 Å². The van der Waals surface area contributed by atoms with Gasteiger partial charge in [0, 0.05) is 35.0 Å². The molecule has 0 spiro atoms. The van der Waals surface area contributed by atoms with E-state index in [1.807, 2.05) is 0 Å². The van der Waals surface area contributed by atoms with Gasteiger partial charge in [-0.15, -0.1) is 0 Å². The lowest BCUT2D eigenvalue weighted by Gasteiger charge is -2.06. The van der Waals surface area contributed by atoms with Crippen LogP contribution in [-0.4, -0.2) is 9.97 Å². The van der Waals surface area contributed by atoms with Gasteiger partial charge in [0.15, 0.2) is 5.82 Å². The Hall–Kier alpha value is -1.49. The summed E-state index contributed by atoms with van der Waals surface area (Å²) in [6, 6.07) is 6.64. The first-order valence-corrected chi connectivity index (χ1v) is 5.50. The number of hydrogen-bond acceptors (Lipinski definition) is 3. The Kier molecular flexibility index (Phi) is 3.46. The number of rotatable bonds is 3. The Labute approximate surface area is 101 Å². The fourth-order valence-electron chi connectivity index (χ4n) is 1.40. The first-order valence-electron chi connectivity index (χ1n) is 4.71. The predicted molar refractivity (Wildman–Crippen MR) is 63.8 cm³/mol. The van der Waals surface area contributed by atoms with Gasteiger partial charge in [0.05, 0.1) is 5.69 Å². The molecule has 3 nitrogen and oxygen atoms in total. The molecule has 0 aliphatic carbocycles. The molecule has 1 aromatic heterocycles. The summed E-state index contributed by atoms with van der Waals surface area (Å²) in [4.78, 5) is 8.24. The van der Waals surface area contributed by atoms with E-state index in [9.17, 15) is 4.39 Å². The molecule has 0 aliphatic rings. The molecule has 1 aromatic carbocycles. The van der Waals surface area contributed by atoms with E-state index >= 15 is 0 Å². The molecular formula is C11H9BrFN3. The molecule has 0 fully saturated rings. The van der Waals surface area contributed by atoms with E-state index in [-0.39, 0.29) is 5.82 Å². The lowest BCUT2D eigenvalue weighted by atomic mass is 10.1. The zero-order valence-corrected chi connectivity index (χ0v) is 9.91. The van der Waals surface area contributed by atoms with Crippen LogP contribution in [0.2, 0.25) is 0 Å². The monoisotopic (exact) mass is 281 g/mol. The van der Waals surface area contributed by atoms with Gasteiger partial charge in [0.25, 0.3) is 0 Å². The minimum Gasteiger partial charge on any atom is -0.305 e. The van der Waals surface area contributed by atoms with Gasteiger partial charge in [0.2, 0.25) is 0 Å². The molecule has 0 atom stereocenters. The molecule has 0 unspecified atom stereocenters. The average molecular weight is 282 g/mol. The van der Waals surface area contributed by atoms with Crippen LogP contribution in [0.5, 0.6) is 0 Å². The fraction of sp³-hybridized carbons (Fsp3) is 0.0909. The molecule has 0 bridgehead atoms. The normalized spacial score (nSPS) is 10.1. The SMILES string of the molecule is Fc1ccccc1Cc1nccnc1NBr. The second-order valence-corrected chi connectivity index (χ2v) is 3.61. The second kappa shape index (κ2) is 5.03. The maximum Gasteiger partial charge on any atom is 0.157 e. The zero-order valence-electron chi connectivity index (χ0n) is 8.32. The van der Waals surface area contributed by atoms with Crippen LogP contribution in [0.25, 0.3) is 0 Å². The highest BCUT2D eigenvalue weighted by Gasteiger charge is 2.07. The van der Waals surface area contributed by atoms with Crippen LogP contribution in [-0.2, 0) is 6.42 Å². The molecular weight excluding hydrogens is 273 g/mol. The minimum atomic E-state index is -0.228. The highest BCUT2D eigenvalue weighted by molar-refractivity contribution is 9.10. The van der Waals surface area contributed by atoms with Gasteiger partial charge in [-0.05, 0) is 11.6 Å². The predicted octanol–water partition coefficient (Wildman–Crippen LogP) is 2.93. The first kappa shape index (κ1) is 11.0. The Morgan fingerprint density at radius 1 is 1.19 bits per heavy atom. The van der Waals surface area contributed by atoms with E-state index in [2.05, 4.69) is 30.5 Å². The van der Waals surface area contributed by atoms with Gasteiger partial charge < -0.3 is 4.34 Å². The molecule has 0 aliphatic heterocycles. The Bertz CT molecular complexity index is 490. The molecule has 1 N–H and O–H groups in total. The van der Waals surface area contributed by atoms with E-state index in [0.29, 0.717) is 23.5 Å². The van der Waals surface area contributed by atoms with Gasteiger partial charge >= 0.3 is 0 Å². The smallest absolute Gasteiger partial charge is 0.157 e. The third-order valence-corrected chi connectivity index (χ3v) is 2.55. The standard InChI is InChI=1S/C11H9BrFN3/c12-16-11-10(14-5-6-15-11)7-8-3-1-2-4-9(8)13/h1-6H,7H2,(H,15,16). The Balaban J connectivity index is 2.30. The third kappa shape index (κ3) is 2.36. The quantitative estimate of drug-likeness (QED) is 0.879. The maximum atomic E-state index is 13.4. The fourth-order valence-corrected chi connectivity index (χ4v) is 1.73. The van der Waals surface area contributed by atoms with E-state index in [0.717, 1.165) is 0 Å². The number of nitrogens with one attached hydrogen (secondary N) is 1. The summed E-state index contributed by atoms with van der Waals surface area (Å²) in [6.45, 7) is 0. The van der Waals surface area contributed by atoms with Crippen molar-refractivity contribution in [3.05, 3.63) is 53.7 Å². The highest BCUT2D eigenvalue weighted by atomic mass is 79.9. The number of aromatic nitrogens is 2. The Morgan fingerprint density at radius 2 is 1.94 bits per heavy atom. The minimum absolute atomic E-state index is 0.228. The van der Waals surface area contributed by atoms with Gasteiger partial charge in [-0.25, -0.2) is 9.37 Å².